The third kappa shape index (κ3) is 4.03. The molecular weight excluding hydrogens is 304 g/mol. The van der Waals surface area contributed by atoms with E-state index in [1.165, 1.54) is 0 Å². The summed E-state index contributed by atoms with van der Waals surface area (Å²) in [5, 5.41) is 3.94. The lowest BCUT2D eigenvalue weighted by molar-refractivity contribution is 0.0954. The van der Waals surface area contributed by atoms with Gasteiger partial charge in [-0.3, -0.25) is 4.79 Å². The average Bonchev–Trinajstić information content (AvgIpc) is 2.45. The standard InChI is InChI=1S/C15H13BrN2O/c16-14-9-5-4-8-13(14)15(19)18-17-11-10-12-6-2-1-3-7-12/h1-9,11H,10H2,(H,18,19)/b17-11+. The van der Waals surface area contributed by atoms with Gasteiger partial charge in [0, 0.05) is 17.1 Å². The van der Waals surface area contributed by atoms with Crippen LogP contribution in [0.3, 0.4) is 0 Å². The van der Waals surface area contributed by atoms with Gasteiger partial charge in [0.2, 0.25) is 0 Å². The van der Waals surface area contributed by atoms with Crippen LogP contribution in [0.2, 0.25) is 0 Å². The highest BCUT2D eigenvalue weighted by atomic mass is 79.9. The van der Waals surface area contributed by atoms with Crippen molar-refractivity contribution in [2.24, 2.45) is 5.10 Å². The summed E-state index contributed by atoms with van der Waals surface area (Å²) in [6.07, 6.45) is 2.38. The van der Waals surface area contributed by atoms with E-state index in [0.29, 0.717) is 12.0 Å². The second kappa shape index (κ2) is 6.85. The number of amides is 1. The van der Waals surface area contributed by atoms with Gasteiger partial charge in [-0.15, -0.1) is 0 Å². The molecule has 2 rings (SSSR count). The van der Waals surface area contributed by atoms with Gasteiger partial charge in [0.15, 0.2) is 0 Å². The maximum absolute atomic E-state index is 11.8. The Labute approximate surface area is 120 Å². The van der Waals surface area contributed by atoms with E-state index in [4.69, 9.17) is 0 Å². The number of nitrogens with one attached hydrogen (secondary N) is 1. The number of rotatable bonds is 4. The normalized spacial score (nSPS) is 10.6. The second-order valence-corrected chi connectivity index (χ2v) is 4.78. The SMILES string of the molecule is O=C(N/N=C/Cc1ccccc1)c1ccccc1Br. The maximum atomic E-state index is 11.8. The number of hydrazone groups is 1. The Kier molecular flexibility index (Phi) is 4.86. The van der Waals surface area contributed by atoms with Gasteiger partial charge in [0.25, 0.3) is 5.91 Å². The van der Waals surface area contributed by atoms with Crippen molar-refractivity contribution in [3.05, 3.63) is 70.2 Å². The van der Waals surface area contributed by atoms with E-state index in [1.807, 2.05) is 48.5 Å². The molecule has 4 heteroatoms. The summed E-state index contributed by atoms with van der Waals surface area (Å²) in [6, 6.07) is 17.2. The van der Waals surface area contributed by atoms with Gasteiger partial charge in [-0.2, -0.15) is 5.10 Å². The molecule has 0 radical (unpaired) electrons. The fraction of sp³-hybridized carbons (Fsp3) is 0.0667. The molecule has 0 atom stereocenters. The first-order chi connectivity index (χ1) is 9.27. The fourth-order valence-corrected chi connectivity index (χ4v) is 2.04. The van der Waals surface area contributed by atoms with Crippen LogP contribution in [0.15, 0.2) is 64.2 Å². The van der Waals surface area contributed by atoms with E-state index in [2.05, 4.69) is 26.5 Å². The van der Waals surface area contributed by atoms with Crippen LogP contribution in [-0.4, -0.2) is 12.1 Å². The lowest BCUT2D eigenvalue weighted by atomic mass is 10.2. The summed E-state index contributed by atoms with van der Waals surface area (Å²) in [7, 11) is 0. The van der Waals surface area contributed by atoms with Gasteiger partial charge >= 0.3 is 0 Å². The zero-order valence-electron chi connectivity index (χ0n) is 10.2. The highest BCUT2D eigenvalue weighted by Gasteiger charge is 2.07. The zero-order valence-corrected chi connectivity index (χ0v) is 11.8. The number of carbonyl (C=O) groups excluding carboxylic acids is 1. The lowest BCUT2D eigenvalue weighted by Crippen LogP contribution is -2.18. The third-order valence-corrected chi connectivity index (χ3v) is 3.24. The summed E-state index contributed by atoms with van der Waals surface area (Å²) >= 11 is 3.33. The van der Waals surface area contributed by atoms with Crippen molar-refractivity contribution >= 4 is 28.1 Å². The van der Waals surface area contributed by atoms with Crippen LogP contribution in [-0.2, 0) is 6.42 Å². The van der Waals surface area contributed by atoms with Crippen LogP contribution in [0.25, 0.3) is 0 Å². The van der Waals surface area contributed by atoms with Crippen LogP contribution in [0.4, 0.5) is 0 Å². The van der Waals surface area contributed by atoms with Gasteiger partial charge < -0.3 is 0 Å². The van der Waals surface area contributed by atoms with Crippen molar-refractivity contribution in [1.82, 2.24) is 5.43 Å². The van der Waals surface area contributed by atoms with Gasteiger partial charge in [-0.05, 0) is 33.6 Å². The Morgan fingerprint density at radius 1 is 1.11 bits per heavy atom. The molecule has 0 aromatic heterocycles. The summed E-state index contributed by atoms with van der Waals surface area (Å²) in [4.78, 5) is 11.8. The highest BCUT2D eigenvalue weighted by Crippen LogP contribution is 2.15. The van der Waals surface area contributed by atoms with Gasteiger partial charge in [0.05, 0.1) is 5.56 Å². The number of carbonyl (C=O) groups is 1. The van der Waals surface area contributed by atoms with E-state index in [-0.39, 0.29) is 5.91 Å². The van der Waals surface area contributed by atoms with Crippen molar-refractivity contribution < 1.29 is 4.79 Å². The first-order valence-electron chi connectivity index (χ1n) is 5.87. The molecule has 0 saturated heterocycles. The fourth-order valence-electron chi connectivity index (χ4n) is 1.57. The topological polar surface area (TPSA) is 41.5 Å². The van der Waals surface area contributed by atoms with E-state index in [9.17, 15) is 4.79 Å². The lowest BCUT2D eigenvalue weighted by Gasteiger charge is -2.01. The van der Waals surface area contributed by atoms with Crippen LogP contribution < -0.4 is 5.43 Å². The zero-order chi connectivity index (χ0) is 13.5. The van der Waals surface area contributed by atoms with E-state index < -0.39 is 0 Å². The maximum Gasteiger partial charge on any atom is 0.272 e. The van der Waals surface area contributed by atoms with Gasteiger partial charge in [-0.1, -0.05) is 42.5 Å². The molecule has 0 aliphatic rings. The minimum absolute atomic E-state index is 0.225. The van der Waals surface area contributed by atoms with E-state index >= 15 is 0 Å². The Morgan fingerprint density at radius 3 is 2.53 bits per heavy atom. The molecule has 0 fully saturated rings. The number of halogens is 1. The minimum Gasteiger partial charge on any atom is -0.267 e. The molecule has 96 valence electrons. The van der Waals surface area contributed by atoms with Crippen molar-refractivity contribution in [2.75, 3.05) is 0 Å². The van der Waals surface area contributed by atoms with Crippen LogP contribution in [0.1, 0.15) is 15.9 Å². The van der Waals surface area contributed by atoms with Crippen molar-refractivity contribution in [3.8, 4) is 0 Å². The van der Waals surface area contributed by atoms with Crippen LogP contribution >= 0.6 is 15.9 Å². The molecule has 0 bridgehead atoms. The predicted octanol–water partition coefficient (Wildman–Crippen LogP) is 3.41. The van der Waals surface area contributed by atoms with Crippen LogP contribution in [0.5, 0.6) is 0 Å². The van der Waals surface area contributed by atoms with Gasteiger partial charge in [0.1, 0.15) is 0 Å². The molecule has 0 aliphatic heterocycles. The first kappa shape index (κ1) is 13.5. The predicted molar refractivity (Wildman–Crippen MR) is 80.2 cm³/mol. The monoisotopic (exact) mass is 316 g/mol. The van der Waals surface area contributed by atoms with Crippen molar-refractivity contribution in [2.45, 2.75) is 6.42 Å². The summed E-state index contributed by atoms with van der Waals surface area (Å²) < 4.78 is 0.755. The third-order valence-electron chi connectivity index (χ3n) is 2.55. The molecule has 0 saturated carbocycles. The van der Waals surface area contributed by atoms with Gasteiger partial charge in [-0.25, -0.2) is 5.43 Å². The second-order valence-electron chi connectivity index (χ2n) is 3.92. The quantitative estimate of drug-likeness (QED) is 0.681. The molecule has 2 aromatic rings. The summed E-state index contributed by atoms with van der Waals surface area (Å²) in [6.45, 7) is 0. The summed E-state index contributed by atoms with van der Waals surface area (Å²) in [5.41, 5.74) is 4.23. The van der Waals surface area contributed by atoms with E-state index in [1.54, 1.807) is 12.3 Å². The molecule has 2 aromatic carbocycles. The Balaban J connectivity index is 1.89. The molecule has 0 spiro atoms. The average molecular weight is 317 g/mol. The number of benzene rings is 2. The first-order valence-corrected chi connectivity index (χ1v) is 6.67. The number of hydrogen-bond acceptors (Lipinski definition) is 2. The number of nitrogens with zero attached hydrogens (tertiary/aromatic N) is 1. The van der Waals surface area contributed by atoms with E-state index in [0.717, 1.165) is 10.0 Å². The molecule has 0 aliphatic carbocycles. The summed E-state index contributed by atoms with van der Waals surface area (Å²) in [5.74, 6) is -0.225. The molecule has 1 amide bonds. The molecule has 1 N–H and O–H groups in total. The Morgan fingerprint density at radius 2 is 1.79 bits per heavy atom. The Hall–Kier alpha value is -1.94. The smallest absolute Gasteiger partial charge is 0.267 e. The van der Waals surface area contributed by atoms with Crippen molar-refractivity contribution in [1.29, 1.82) is 0 Å². The molecule has 19 heavy (non-hydrogen) atoms. The molecule has 0 unspecified atom stereocenters. The highest BCUT2D eigenvalue weighted by molar-refractivity contribution is 9.10. The molecule has 0 heterocycles. The molecule has 3 nitrogen and oxygen atoms in total. The largest absolute Gasteiger partial charge is 0.272 e. The van der Waals surface area contributed by atoms with Crippen LogP contribution in [0, 0.1) is 0 Å². The Bertz CT molecular complexity index is 582. The number of hydrogen-bond donors (Lipinski definition) is 1. The minimum atomic E-state index is -0.225. The molecular formula is C15H13BrN2O. The van der Waals surface area contributed by atoms with Crippen molar-refractivity contribution in [3.63, 3.8) is 0 Å².